The molecule has 2 amide bonds. The molecule has 1 aromatic heterocycles. The Morgan fingerprint density at radius 3 is 3.09 bits per heavy atom. The zero-order valence-corrected chi connectivity index (χ0v) is 12.8. The summed E-state index contributed by atoms with van der Waals surface area (Å²) in [6.45, 7) is -0.0553. The van der Waals surface area contributed by atoms with Gasteiger partial charge in [0.15, 0.2) is 6.61 Å². The van der Waals surface area contributed by atoms with Crippen LogP contribution in [0.1, 0.15) is 4.88 Å². The molecule has 1 aliphatic heterocycles. The molecule has 0 aliphatic carbocycles. The maximum atomic E-state index is 11.9. The number of anilines is 2. The Bertz CT molecular complexity index is 756. The summed E-state index contributed by atoms with van der Waals surface area (Å²) in [4.78, 5) is 24.1. The van der Waals surface area contributed by atoms with E-state index in [0.29, 0.717) is 22.1 Å². The molecule has 0 fully saturated rings. The van der Waals surface area contributed by atoms with Crippen molar-refractivity contribution in [3.8, 4) is 5.75 Å². The van der Waals surface area contributed by atoms with Crippen molar-refractivity contribution < 1.29 is 14.3 Å². The van der Waals surface area contributed by atoms with Crippen LogP contribution in [-0.2, 0) is 9.59 Å². The molecule has 0 unspecified atom stereocenters. The van der Waals surface area contributed by atoms with Crippen LogP contribution in [0.25, 0.3) is 6.08 Å². The fourth-order valence-corrected chi connectivity index (χ4v) is 2.74. The molecule has 2 heterocycles. The summed E-state index contributed by atoms with van der Waals surface area (Å²) in [5.41, 5.74) is 0.922. The lowest BCUT2D eigenvalue weighted by Gasteiger charge is -2.19. The van der Waals surface area contributed by atoms with Gasteiger partial charge in [0.1, 0.15) is 5.75 Å². The van der Waals surface area contributed by atoms with Gasteiger partial charge in [-0.3, -0.25) is 9.59 Å². The number of hydrogen-bond acceptors (Lipinski definition) is 4. The van der Waals surface area contributed by atoms with Gasteiger partial charge in [-0.25, -0.2) is 0 Å². The van der Waals surface area contributed by atoms with Gasteiger partial charge in [-0.2, -0.15) is 0 Å². The van der Waals surface area contributed by atoms with Crippen molar-refractivity contribution in [2.24, 2.45) is 0 Å². The second-order valence-electron chi connectivity index (χ2n) is 4.50. The molecule has 0 atom stereocenters. The van der Waals surface area contributed by atoms with E-state index in [4.69, 9.17) is 16.3 Å². The van der Waals surface area contributed by atoms with Gasteiger partial charge < -0.3 is 15.4 Å². The minimum Gasteiger partial charge on any atom is -0.482 e. The quantitative estimate of drug-likeness (QED) is 0.845. The summed E-state index contributed by atoms with van der Waals surface area (Å²) in [5, 5.41) is 7.60. The molecule has 2 aromatic rings. The zero-order chi connectivity index (χ0) is 15.5. The van der Waals surface area contributed by atoms with Crippen LogP contribution in [0.4, 0.5) is 11.4 Å². The Morgan fingerprint density at radius 1 is 1.45 bits per heavy atom. The van der Waals surface area contributed by atoms with Crippen molar-refractivity contribution >= 4 is 52.2 Å². The highest BCUT2D eigenvalue weighted by Crippen LogP contribution is 2.36. The van der Waals surface area contributed by atoms with Crippen molar-refractivity contribution in [3.63, 3.8) is 0 Å². The van der Waals surface area contributed by atoms with Gasteiger partial charge in [0.25, 0.3) is 5.91 Å². The van der Waals surface area contributed by atoms with Gasteiger partial charge in [-0.15, -0.1) is 11.3 Å². The second-order valence-corrected chi connectivity index (χ2v) is 5.89. The van der Waals surface area contributed by atoms with Crippen LogP contribution in [0, 0.1) is 0 Å². The van der Waals surface area contributed by atoms with Crippen molar-refractivity contribution in [2.45, 2.75) is 0 Å². The summed E-state index contributed by atoms with van der Waals surface area (Å²) in [6.07, 6.45) is 3.16. The number of amides is 2. The van der Waals surface area contributed by atoms with Gasteiger partial charge >= 0.3 is 0 Å². The number of halogens is 1. The number of fused-ring (bicyclic) bond motifs is 1. The van der Waals surface area contributed by atoms with Gasteiger partial charge in [0.2, 0.25) is 5.91 Å². The Balaban J connectivity index is 1.75. The van der Waals surface area contributed by atoms with Crippen LogP contribution in [0.3, 0.4) is 0 Å². The summed E-state index contributed by atoms with van der Waals surface area (Å²) in [7, 11) is 0. The fourth-order valence-electron chi connectivity index (χ4n) is 1.91. The molecule has 0 saturated carbocycles. The first-order valence-corrected chi connectivity index (χ1v) is 7.66. The molecule has 0 bridgehead atoms. The fraction of sp³-hybridized carbons (Fsp3) is 0.0667. The lowest BCUT2D eigenvalue weighted by atomic mass is 10.2. The second kappa shape index (κ2) is 6.21. The van der Waals surface area contributed by atoms with Gasteiger partial charge in [0, 0.05) is 17.0 Å². The molecule has 0 spiro atoms. The van der Waals surface area contributed by atoms with Crippen LogP contribution in [-0.4, -0.2) is 18.4 Å². The highest BCUT2D eigenvalue weighted by Gasteiger charge is 2.18. The number of rotatable bonds is 3. The Hall–Kier alpha value is -2.31. The van der Waals surface area contributed by atoms with Crippen LogP contribution in [0.5, 0.6) is 5.75 Å². The molecule has 1 aromatic carbocycles. The first-order chi connectivity index (χ1) is 10.6. The summed E-state index contributed by atoms with van der Waals surface area (Å²) < 4.78 is 5.29. The Kier molecular flexibility index (Phi) is 4.13. The van der Waals surface area contributed by atoms with E-state index in [9.17, 15) is 9.59 Å². The van der Waals surface area contributed by atoms with Crippen molar-refractivity contribution in [1.29, 1.82) is 0 Å². The number of hydrogen-bond donors (Lipinski definition) is 2. The molecule has 0 radical (unpaired) electrons. The van der Waals surface area contributed by atoms with Crippen molar-refractivity contribution in [3.05, 3.63) is 45.6 Å². The first kappa shape index (κ1) is 14.6. The number of thiophene rings is 1. The smallest absolute Gasteiger partial charge is 0.262 e. The molecular formula is C15H11ClN2O3S. The molecule has 7 heteroatoms. The average molecular weight is 335 g/mol. The number of nitrogens with one attached hydrogen (secondary N) is 2. The standard InChI is InChI=1S/C15H11ClN2O3S/c16-10-6-12-13(21-8-15(20)18-12)7-11(10)17-14(19)4-3-9-2-1-5-22-9/h1-7H,8H2,(H,17,19)(H,18,20)/b4-3+. The normalized spacial score (nSPS) is 13.4. The average Bonchev–Trinajstić information content (AvgIpc) is 2.99. The topological polar surface area (TPSA) is 67.4 Å². The number of benzene rings is 1. The summed E-state index contributed by atoms with van der Waals surface area (Å²) >= 11 is 7.65. The highest BCUT2D eigenvalue weighted by molar-refractivity contribution is 7.10. The predicted octanol–water partition coefficient (Wildman–Crippen LogP) is 3.38. The van der Waals surface area contributed by atoms with E-state index in [2.05, 4.69) is 10.6 Å². The summed E-state index contributed by atoms with van der Waals surface area (Å²) in [5.74, 6) is -0.0594. The molecule has 0 saturated heterocycles. The van der Waals surface area contributed by atoms with E-state index >= 15 is 0 Å². The third-order valence-electron chi connectivity index (χ3n) is 2.90. The monoisotopic (exact) mass is 334 g/mol. The number of carbonyl (C=O) groups excluding carboxylic acids is 2. The minimum atomic E-state index is -0.296. The number of ether oxygens (including phenoxy) is 1. The Labute approximate surface area is 135 Å². The van der Waals surface area contributed by atoms with E-state index in [-0.39, 0.29) is 18.4 Å². The highest BCUT2D eigenvalue weighted by atomic mass is 35.5. The van der Waals surface area contributed by atoms with Gasteiger partial charge in [-0.1, -0.05) is 17.7 Å². The lowest BCUT2D eigenvalue weighted by molar-refractivity contribution is -0.118. The molecule has 3 rings (SSSR count). The van der Waals surface area contributed by atoms with Crippen LogP contribution < -0.4 is 15.4 Å². The summed E-state index contributed by atoms with van der Waals surface area (Å²) in [6, 6.07) is 6.96. The maximum Gasteiger partial charge on any atom is 0.262 e. The van der Waals surface area contributed by atoms with Crippen LogP contribution in [0.15, 0.2) is 35.7 Å². The molecule has 22 heavy (non-hydrogen) atoms. The predicted molar refractivity (Wildman–Crippen MR) is 87.6 cm³/mol. The molecule has 5 nitrogen and oxygen atoms in total. The maximum absolute atomic E-state index is 11.9. The van der Waals surface area contributed by atoms with Gasteiger partial charge in [0.05, 0.1) is 16.4 Å². The third kappa shape index (κ3) is 3.29. The van der Waals surface area contributed by atoms with E-state index in [1.807, 2.05) is 17.5 Å². The lowest BCUT2D eigenvalue weighted by Crippen LogP contribution is -2.25. The van der Waals surface area contributed by atoms with Gasteiger partial charge in [-0.05, 0) is 23.6 Å². The van der Waals surface area contributed by atoms with Crippen molar-refractivity contribution in [2.75, 3.05) is 17.2 Å². The molecular weight excluding hydrogens is 324 g/mol. The van der Waals surface area contributed by atoms with Crippen molar-refractivity contribution in [1.82, 2.24) is 0 Å². The van der Waals surface area contributed by atoms with Crippen LogP contribution >= 0.6 is 22.9 Å². The van der Waals surface area contributed by atoms with E-state index < -0.39 is 0 Å². The SMILES string of the molecule is O=C(/C=C/c1cccs1)Nc1cc2c(cc1Cl)NC(=O)CO2. The van der Waals surface area contributed by atoms with E-state index in [1.165, 1.54) is 6.08 Å². The largest absolute Gasteiger partial charge is 0.482 e. The minimum absolute atomic E-state index is 0.0553. The molecule has 112 valence electrons. The molecule has 1 aliphatic rings. The first-order valence-electron chi connectivity index (χ1n) is 6.40. The third-order valence-corrected chi connectivity index (χ3v) is 4.05. The Morgan fingerprint density at radius 2 is 2.32 bits per heavy atom. The van der Waals surface area contributed by atoms with E-state index in [0.717, 1.165) is 4.88 Å². The zero-order valence-electron chi connectivity index (χ0n) is 11.3. The molecule has 2 N–H and O–H groups in total. The van der Waals surface area contributed by atoms with Crippen LogP contribution in [0.2, 0.25) is 5.02 Å². The van der Waals surface area contributed by atoms with E-state index in [1.54, 1.807) is 29.5 Å². The number of carbonyl (C=O) groups is 2.